The molecule has 0 saturated carbocycles. The zero-order valence-electron chi connectivity index (χ0n) is 7.48. The molecule has 0 amide bonds. The van der Waals surface area contributed by atoms with Crippen LogP contribution in [0.4, 0.5) is 5.95 Å². The van der Waals surface area contributed by atoms with Gasteiger partial charge >= 0.3 is 0 Å². The minimum Gasteiger partial charge on any atom is -0.338 e. The molecule has 0 aliphatic carbocycles. The van der Waals surface area contributed by atoms with Crippen LogP contribution in [0.2, 0.25) is 0 Å². The molecule has 0 aromatic carbocycles. The topological polar surface area (TPSA) is 53.9 Å². The van der Waals surface area contributed by atoms with Gasteiger partial charge in [-0.15, -0.1) is 5.10 Å². The van der Waals surface area contributed by atoms with Gasteiger partial charge in [-0.05, 0) is 13.0 Å². The van der Waals surface area contributed by atoms with Gasteiger partial charge in [0.2, 0.25) is 5.95 Å². The van der Waals surface area contributed by atoms with Crippen LogP contribution < -0.4 is 10.2 Å². The van der Waals surface area contributed by atoms with E-state index in [0.717, 1.165) is 38.5 Å². The molecule has 0 radical (unpaired) electrons. The molecule has 0 atom stereocenters. The maximum Gasteiger partial charge on any atom is 0.245 e. The number of aromatic nitrogens is 3. The van der Waals surface area contributed by atoms with Crippen molar-refractivity contribution in [1.29, 1.82) is 0 Å². The summed E-state index contributed by atoms with van der Waals surface area (Å²) in [4.78, 5) is 6.33. The van der Waals surface area contributed by atoms with Gasteiger partial charge in [-0.1, -0.05) is 0 Å². The number of anilines is 1. The summed E-state index contributed by atoms with van der Waals surface area (Å²) in [5.41, 5.74) is 0. The lowest BCUT2D eigenvalue weighted by Crippen LogP contribution is -2.29. The number of hydrogen-bond acceptors (Lipinski definition) is 5. The second-order valence-electron chi connectivity index (χ2n) is 3.03. The second kappa shape index (κ2) is 4.13. The van der Waals surface area contributed by atoms with E-state index in [-0.39, 0.29) is 0 Å². The Labute approximate surface area is 77.2 Å². The molecule has 1 aliphatic heterocycles. The lowest BCUT2D eigenvalue weighted by Gasteiger charge is -2.18. The molecular weight excluding hydrogens is 166 g/mol. The fourth-order valence-electron chi connectivity index (χ4n) is 1.43. The highest BCUT2D eigenvalue weighted by atomic mass is 15.3. The number of hydrogen-bond donors (Lipinski definition) is 1. The molecule has 1 N–H and O–H groups in total. The number of nitrogens with zero attached hydrogens (tertiary/aromatic N) is 4. The monoisotopic (exact) mass is 179 g/mol. The molecule has 0 unspecified atom stereocenters. The average Bonchev–Trinajstić information content (AvgIpc) is 2.47. The molecule has 5 heteroatoms. The summed E-state index contributed by atoms with van der Waals surface area (Å²) in [6, 6.07) is 0. The molecule has 0 spiro atoms. The second-order valence-corrected chi connectivity index (χ2v) is 3.03. The smallest absolute Gasteiger partial charge is 0.245 e. The highest BCUT2D eigenvalue weighted by Crippen LogP contribution is 2.05. The van der Waals surface area contributed by atoms with Gasteiger partial charge in [0.25, 0.3) is 0 Å². The van der Waals surface area contributed by atoms with E-state index in [1.807, 2.05) is 0 Å². The summed E-state index contributed by atoms with van der Waals surface area (Å²) in [6.07, 6.45) is 4.42. The molecule has 1 saturated heterocycles. The fraction of sp³-hybridized carbons (Fsp3) is 0.625. The summed E-state index contributed by atoms with van der Waals surface area (Å²) in [5.74, 6) is 0.742. The first-order chi connectivity index (χ1) is 6.47. The van der Waals surface area contributed by atoms with Crippen LogP contribution in [0.5, 0.6) is 0 Å². The van der Waals surface area contributed by atoms with E-state index in [1.54, 1.807) is 12.4 Å². The lowest BCUT2D eigenvalue weighted by molar-refractivity contribution is 0.724. The minimum atomic E-state index is 0.742. The Hall–Kier alpha value is -1.23. The van der Waals surface area contributed by atoms with Crippen LogP contribution in [-0.4, -0.2) is 41.4 Å². The van der Waals surface area contributed by atoms with Crippen LogP contribution in [0.1, 0.15) is 6.42 Å². The van der Waals surface area contributed by atoms with E-state index in [1.165, 1.54) is 0 Å². The zero-order valence-corrected chi connectivity index (χ0v) is 7.48. The number of nitrogens with one attached hydrogen (secondary N) is 1. The van der Waals surface area contributed by atoms with Crippen molar-refractivity contribution in [2.75, 3.05) is 31.1 Å². The van der Waals surface area contributed by atoms with Crippen LogP contribution in [0.25, 0.3) is 0 Å². The molecule has 2 heterocycles. The molecule has 5 nitrogen and oxygen atoms in total. The normalized spacial score (nSPS) is 18.3. The van der Waals surface area contributed by atoms with Crippen LogP contribution >= 0.6 is 0 Å². The maximum atomic E-state index is 4.17. The fourth-order valence-corrected chi connectivity index (χ4v) is 1.43. The van der Waals surface area contributed by atoms with E-state index in [2.05, 4.69) is 25.4 Å². The van der Waals surface area contributed by atoms with Gasteiger partial charge in [0.05, 0.1) is 12.4 Å². The highest BCUT2D eigenvalue weighted by molar-refractivity contribution is 5.26. The Morgan fingerprint density at radius 2 is 2.23 bits per heavy atom. The summed E-state index contributed by atoms with van der Waals surface area (Å²) in [6.45, 7) is 4.05. The van der Waals surface area contributed by atoms with Crippen molar-refractivity contribution >= 4 is 5.95 Å². The van der Waals surface area contributed by atoms with Gasteiger partial charge in [-0.3, -0.25) is 0 Å². The van der Waals surface area contributed by atoms with Crippen molar-refractivity contribution in [1.82, 2.24) is 20.5 Å². The first kappa shape index (κ1) is 8.37. The lowest BCUT2D eigenvalue weighted by atomic mass is 10.4. The van der Waals surface area contributed by atoms with Gasteiger partial charge in [-0.2, -0.15) is 5.10 Å². The van der Waals surface area contributed by atoms with Gasteiger partial charge in [0.1, 0.15) is 0 Å². The van der Waals surface area contributed by atoms with Crippen molar-refractivity contribution in [2.45, 2.75) is 6.42 Å². The highest BCUT2D eigenvalue weighted by Gasteiger charge is 2.10. The third kappa shape index (κ3) is 2.12. The Bertz CT molecular complexity index is 242. The zero-order chi connectivity index (χ0) is 8.93. The molecule has 0 bridgehead atoms. The molecule has 1 fully saturated rings. The first-order valence-corrected chi connectivity index (χ1v) is 4.56. The Kier molecular flexibility index (Phi) is 2.66. The predicted molar refractivity (Wildman–Crippen MR) is 49.5 cm³/mol. The predicted octanol–water partition coefficient (Wildman–Crippen LogP) is -0.329. The molecule has 13 heavy (non-hydrogen) atoms. The van der Waals surface area contributed by atoms with E-state index in [9.17, 15) is 0 Å². The molecule has 1 aliphatic rings. The molecule has 1 aromatic rings. The van der Waals surface area contributed by atoms with E-state index < -0.39 is 0 Å². The van der Waals surface area contributed by atoms with Gasteiger partial charge in [0, 0.05) is 19.6 Å². The van der Waals surface area contributed by atoms with Gasteiger partial charge in [0.15, 0.2) is 0 Å². The number of rotatable bonds is 1. The third-order valence-electron chi connectivity index (χ3n) is 2.09. The van der Waals surface area contributed by atoms with Crippen LogP contribution in [0.3, 0.4) is 0 Å². The molecule has 1 aromatic heterocycles. The van der Waals surface area contributed by atoms with Crippen molar-refractivity contribution in [2.24, 2.45) is 0 Å². The summed E-state index contributed by atoms with van der Waals surface area (Å²) in [5, 5.41) is 11.1. The van der Waals surface area contributed by atoms with Gasteiger partial charge < -0.3 is 10.2 Å². The standard InChI is InChI=1S/C8H13N5/c1-2-9-5-7-13(6-1)8-10-3-4-11-12-8/h3-4,9H,1-2,5-7H2. The van der Waals surface area contributed by atoms with E-state index >= 15 is 0 Å². The van der Waals surface area contributed by atoms with E-state index in [4.69, 9.17) is 0 Å². The SMILES string of the molecule is c1cnc(N2CCCNCC2)nn1. The van der Waals surface area contributed by atoms with Crippen molar-refractivity contribution in [3.63, 3.8) is 0 Å². The largest absolute Gasteiger partial charge is 0.338 e. The Morgan fingerprint density at radius 3 is 3.08 bits per heavy atom. The van der Waals surface area contributed by atoms with Crippen LogP contribution in [-0.2, 0) is 0 Å². The quantitative estimate of drug-likeness (QED) is 0.640. The maximum absolute atomic E-state index is 4.17. The van der Waals surface area contributed by atoms with Crippen molar-refractivity contribution in [3.8, 4) is 0 Å². The molecule has 70 valence electrons. The summed E-state index contributed by atoms with van der Waals surface area (Å²) < 4.78 is 0. The Balaban J connectivity index is 2.06. The van der Waals surface area contributed by atoms with Crippen molar-refractivity contribution < 1.29 is 0 Å². The minimum absolute atomic E-state index is 0.742. The summed E-state index contributed by atoms with van der Waals surface area (Å²) >= 11 is 0. The van der Waals surface area contributed by atoms with Gasteiger partial charge in [-0.25, -0.2) is 4.98 Å². The summed E-state index contributed by atoms with van der Waals surface area (Å²) in [7, 11) is 0. The Morgan fingerprint density at radius 1 is 1.23 bits per heavy atom. The molecule has 2 rings (SSSR count). The first-order valence-electron chi connectivity index (χ1n) is 4.56. The average molecular weight is 179 g/mol. The van der Waals surface area contributed by atoms with Crippen LogP contribution in [0, 0.1) is 0 Å². The van der Waals surface area contributed by atoms with E-state index in [0.29, 0.717) is 0 Å². The molecular formula is C8H13N5. The van der Waals surface area contributed by atoms with Crippen molar-refractivity contribution in [3.05, 3.63) is 12.4 Å². The third-order valence-corrected chi connectivity index (χ3v) is 2.09. The van der Waals surface area contributed by atoms with Crippen LogP contribution in [0.15, 0.2) is 12.4 Å².